The van der Waals surface area contributed by atoms with Crippen LogP contribution in [0.3, 0.4) is 0 Å². The summed E-state index contributed by atoms with van der Waals surface area (Å²) in [6.07, 6.45) is 1.92. The van der Waals surface area contributed by atoms with E-state index < -0.39 is 18.5 Å². The van der Waals surface area contributed by atoms with E-state index >= 15 is 0 Å². The summed E-state index contributed by atoms with van der Waals surface area (Å²) >= 11 is 0. The second-order valence-corrected chi connectivity index (χ2v) is 6.52. The number of aliphatic hydroxyl groups is 2. The first-order valence-corrected chi connectivity index (χ1v) is 8.68. The number of benzene rings is 1. The van der Waals surface area contributed by atoms with Crippen molar-refractivity contribution in [2.24, 2.45) is 0 Å². The van der Waals surface area contributed by atoms with Crippen LogP contribution in [0.4, 0.5) is 4.39 Å². The van der Waals surface area contributed by atoms with Crippen molar-refractivity contribution < 1.29 is 24.1 Å². The van der Waals surface area contributed by atoms with E-state index in [0.29, 0.717) is 27.7 Å². The number of aryl methyl sites for hydroxylation is 2. The van der Waals surface area contributed by atoms with Crippen molar-refractivity contribution in [3.8, 4) is 17.4 Å². The number of nitrogens with one attached hydrogen (secondary N) is 1. The third-order valence-corrected chi connectivity index (χ3v) is 4.43. The summed E-state index contributed by atoms with van der Waals surface area (Å²) in [5.41, 5.74) is 2.72. The SMILES string of the molecule is Cc1cc2c(F)c(Oc3ncnn4cc(OC[C@@H](O)CO)c(C)c34)ccc2[nH]1. The molecule has 0 bridgehead atoms. The molecule has 9 heteroatoms. The number of aromatic nitrogens is 4. The van der Waals surface area contributed by atoms with Crippen LogP contribution in [0, 0.1) is 19.7 Å². The molecule has 146 valence electrons. The van der Waals surface area contributed by atoms with Gasteiger partial charge >= 0.3 is 0 Å². The molecule has 0 unspecified atom stereocenters. The third kappa shape index (κ3) is 3.14. The molecule has 1 aromatic carbocycles. The lowest BCUT2D eigenvalue weighted by molar-refractivity contribution is 0.0534. The van der Waals surface area contributed by atoms with Gasteiger partial charge in [0, 0.05) is 22.2 Å². The van der Waals surface area contributed by atoms with Crippen molar-refractivity contribution in [2.45, 2.75) is 20.0 Å². The van der Waals surface area contributed by atoms with Gasteiger partial charge in [-0.1, -0.05) is 0 Å². The zero-order valence-electron chi connectivity index (χ0n) is 15.3. The second kappa shape index (κ2) is 7.10. The van der Waals surface area contributed by atoms with Crippen molar-refractivity contribution in [2.75, 3.05) is 13.2 Å². The smallest absolute Gasteiger partial charge is 0.247 e. The maximum absolute atomic E-state index is 14.9. The van der Waals surface area contributed by atoms with Gasteiger partial charge in [0.15, 0.2) is 11.6 Å². The molecule has 3 N–H and O–H groups in total. The Bertz CT molecular complexity index is 1150. The molecule has 4 rings (SSSR count). The van der Waals surface area contributed by atoms with Crippen LogP contribution in [0.2, 0.25) is 0 Å². The number of halogens is 1. The Labute approximate surface area is 159 Å². The van der Waals surface area contributed by atoms with E-state index in [1.165, 1.54) is 10.8 Å². The number of rotatable bonds is 6. The number of hydrogen-bond acceptors (Lipinski definition) is 6. The van der Waals surface area contributed by atoms with Gasteiger partial charge in [-0.05, 0) is 32.0 Å². The van der Waals surface area contributed by atoms with Crippen molar-refractivity contribution >= 4 is 16.4 Å². The van der Waals surface area contributed by atoms with Crippen LogP contribution in [0.1, 0.15) is 11.3 Å². The molecule has 0 fully saturated rings. The monoisotopic (exact) mass is 386 g/mol. The Morgan fingerprint density at radius 1 is 1.29 bits per heavy atom. The summed E-state index contributed by atoms with van der Waals surface area (Å²) < 4.78 is 27.7. The molecule has 28 heavy (non-hydrogen) atoms. The summed E-state index contributed by atoms with van der Waals surface area (Å²) in [6, 6.07) is 5.00. The highest BCUT2D eigenvalue weighted by atomic mass is 19.1. The third-order valence-electron chi connectivity index (χ3n) is 4.43. The summed E-state index contributed by atoms with van der Waals surface area (Å²) in [5.74, 6) is 0.196. The fourth-order valence-corrected chi connectivity index (χ4v) is 3.04. The Hall–Kier alpha value is -3.17. The number of hydrogen-bond donors (Lipinski definition) is 3. The summed E-state index contributed by atoms with van der Waals surface area (Å²) in [5, 5.41) is 23.0. The predicted octanol–water partition coefficient (Wildman–Crippen LogP) is 2.49. The van der Waals surface area contributed by atoms with Crippen LogP contribution in [-0.4, -0.2) is 49.1 Å². The van der Waals surface area contributed by atoms with Gasteiger partial charge in [0.1, 0.15) is 30.3 Å². The minimum Gasteiger partial charge on any atom is -0.489 e. The first-order valence-electron chi connectivity index (χ1n) is 8.68. The standard InChI is InChI=1S/C19H19FN4O4/c1-10-5-13-14(23-10)3-4-15(17(13)20)28-19-18-11(2)16(27-8-12(26)7-25)6-24(18)22-9-21-19/h3-6,9,12,23,25-26H,7-8H2,1-2H3/t12-/m0/s1. The molecule has 3 aromatic heterocycles. The quantitative estimate of drug-likeness (QED) is 0.470. The average molecular weight is 386 g/mol. The fourth-order valence-electron chi connectivity index (χ4n) is 3.04. The first-order chi connectivity index (χ1) is 13.5. The lowest BCUT2D eigenvalue weighted by atomic mass is 10.2. The highest BCUT2D eigenvalue weighted by molar-refractivity contribution is 5.83. The van der Waals surface area contributed by atoms with Gasteiger partial charge in [-0.25, -0.2) is 8.91 Å². The average Bonchev–Trinajstić information content (AvgIpc) is 3.22. The van der Waals surface area contributed by atoms with Crippen molar-refractivity contribution in [3.63, 3.8) is 0 Å². The number of H-pyrrole nitrogens is 1. The normalized spacial score (nSPS) is 12.6. The molecule has 0 aliphatic carbocycles. The zero-order valence-corrected chi connectivity index (χ0v) is 15.3. The van der Waals surface area contributed by atoms with E-state index in [-0.39, 0.29) is 18.2 Å². The number of aromatic amines is 1. The van der Waals surface area contributed by atoms with Crippen LogP contribution in [-0.2, 0) is 0 Å². The fraction of sp³-hybridized carbons (Fsp3) is 0.263. The van der Waals surface area contributed by atoms with Gasteiger partial charge in [0.2, 0.25) is 5.88 Å². The van der Waals surface area contributed by atoms with E-state index in [1.807, 2.05) is 6.92 Å². The van der Waals surface area contributed by atoms with Crippen LogP contribution in [0.15, 0.2) is 30.7 Å². The van der Waals surface area contributed by atoms with Gasteiger partial charge in [0.25, 0.3) is 0 Å². The molecular weight excluding hydrogens is 367 g/mol. The van der Waals surface area contributed by atoms with Gasteiger partial charge in [-0.3, -0.25) is 0 Å². The van der Waals surface area contributed by atoms with Gasteiger partial charge in [0.05, 0.1) is 12.8 Å². The van der Waals surface area contributed by atoms with E-state index in [4.69, 9.17) is 14.6 Å². The molecule has 1 atom stereocenters. The number of aliphatic hydroxyl groups excluding tert-OH is 2. The lowest BCUT2D eigenvalue weighted by Crippen LogP contribution is -2.21. The molecule has 4 aromatic rings. The molecular formula is C19H19FN4O4. The lowest BCUT2D eigenvalue weighted by Gasteiger charge is -2.09. The number of ether oxygens (including phenoxy) is 2. The Balaban J connectivity index is 1.71. The minimum absolute atomic E-state index is 0.0471. The topological polar surface area (TPSA) is 105 Å². The summed E-state index contributed by atoms with van der Waals surface area (Å²) in [6.45, 7) is 3.16. The van der Waals surface area contributed by atoms with Crippen molar-refractivity contribution in [1.29, 1.82) is 0 Å². The minimum atomic E-state index is -0.991. The maximum atomic E-state index is 14.9. The van der Waals surface area contributed by atoms with Crippen molar-refractivity contribution in [3.05, 3.63) is 47.8 Å². The zero-order chi connectivity index (χ0) is 19.8. The molecule has 0 aliphatic heterocycles. The summed E-state index contributed by atoms with van der Waals surface area (Å²) in [7, 11) is 0. The molecule has 0 saturated carbocycles. The Kier molecular flexibility index (Phi) is 4.62. The maximum Gasteiger partial charge on any atom is 0.247 e. The molecule has 0 radical (unpaired) electrons. The molecule has 0 saturated heterocycles. The Morgan fingerprint density at radius 2 is 2.11 bits per heavy atom. The number of nitrogens with zero attached hydrogens (tertiary/aromatic N) is 3. The molecule has 0 spiro atoms. The van der Waals surface area contributed by atoms with Crippen LogP contribution < -0.4 is 9.47 Å². The van der Waals surface area contributed by atoms with E-state index in [9.17, 15) is 9.50 Å². The molecule has 0 amide bonds. The highest BCUT2D eigenvalue weighted by Crippen LogP contribution is 2.34. The van der Waals surface area contributed by atoms with Crippen LogP contribution >= 0.6 is 0 Å². The highest BCUT2D eigenvalue weighted by Gasteiger charge is 2.18. The largest absolute Gasteiger partial charge is 0.489 e. The van der Waals surface area contributed by atoms with Gasteiger partial charge < -0.3 is 24.7 Å². The van der Waals surface area contributed by atoms with Gasteiger partial charge in [-0.15, -0.1) is 0 Å². The van der Waals surface area contributed by atoms with Crippen LogP contribution in [0.5, 0.6) is 17.4 Å². The molecule has 0 aliphatic rings. The first kappa shape index (κ1) is 18.2. The predicted molar refractivity (Wildman–Crippen MR) is 99.4 cm³/mol. The molecule has 3 heterocycles. The second-order valence-electron chi connectivity index (χ2n) is 6.52. The van der Waals surface area contributed by atoms with E-state index in [1.54, 1.807) is 31.3 Å². The van der Waals surface area contributed by atoms with E-state index in [0.717, 1.165) is 5.69 Å². The van der Waals surface area contributed by atoms with Gasteiger partial charge in [-0.2, -0.15) is 10.1 Å². The van der Waals surface area contributed by atoms with Crippen molar-refractivity contribution in [1.82, 2.24) is 19.6 Å². The molecule has 8 nitrogen and oxygen atoms in total. The number of fused-ring (bicyclic) bond motifs is 2. The Morgan fingerprint density at radius 3 is 2.89 bits per heavy atom. The van der Waals surface area contributed by atoms with E-state index in [2.05, 4.69) is 15.1 Å². The summed E-state index contributed by atoms with van der Waals surface area (Å²) in [4.78, 5) is 7.22. The van der Waals surface area contributed by atoms with Crippen LogP contribution in [0.25, 0.3) is 16.4 Å².